The van der Waals surface area contributed by atoms with Gasteiger partial charge in [-0.05, 0) is 95.0 Å². The molecule has 36 heavy (non-hydrogen) atoms. The molecule has 0 bridgehead atoms. The minimum absolute atomic E-state index is 0.240. The number of carbonyl (C=O) groups is 2. The highest BCUT2D eigenvalue weighted by Crippen LogP contribution is 2.33. The molecular weight excluding hydrogens is 708 g/mol. The second-order valence-electron chi connectivity index (χ2n) is 7.52. The van der Waals surface area contributed by atoms with Gasteiger partial charge >= 0.3 is 5.97 Å². The Kier molecular flexibility index (Phi) is 10.3. The van der Waals surface area contributed by atoms with E-state index in [1.807, 2.05) is 31.3 Å². The number of esters is 1. The number of allylic oxidation sites excluding steroid dienone is 1. The molecule has 12 heteroatoms. The summed E-state index contributed by atoms with van der Waals surface area (Å²) in [7, 11) is 1.87. The van der Waals surface area contributed by atoms with Crippen molar-refractivity contribution in [1.82, 2.24) is 16.1 Å². The average Bonchev–Trinajstić information content (AvgIpc) is 2.82. The van der Waals surface area contributed by atoms with Crippen LogP contribution in [0.1, 0.15) is 31.0 Å². The first kappa shape index (κ1) is 28.1. The van der Waals surface area contributed by atoms with E-state index in [9.17, 15) is 9.59 Å². The number of amides is 1. The van der Waals surface area contributed by atoms with Crippen molar-refractivity contribution in [2.75, 3.05) is 25.6 Å². The number of nitrogens with zero attached hydrogens (tertiary/aromatic N) is 1. The van der Waals surface area contributed by atoms with E-state index in [0.717, 1.165) is 18.4 Å². The summed E-state index contributed by atoms with van der Waals surface area (Å²) in [4.78, 5) is 25.1. The maximum atomic E-state index is 12.7. The van der Waals surface area contributed by atoms with E-state index in [0.29, 0.717) is 27.7 Å². The summed E-state index contributed by atoms with van der Waals surface area (Å²) in [5.74, 6) is -0.458. The molecule has 9 nitrogen and oxygen atoms in total. The van der Waals surface area contributed by atoms with Crippen LogP contribution in [0.25, 0.3) is 0 Å². The standard InChI is InChI=1S/C24H25I2N5O4S/c1-4-34-23(33)20-13(2)29-24(36)30-21(20)15-7-5-6-8-18(15)35-12-19(32)31-28-11-14-9-16(25)22(27-3)17(26)10-14/h5-11,21,27H,4,12H2,1-3H3,(H,31,32)(H2,29,30,36)/t21-/m1/s1. The molecule has 0 unspecified atom stereocenters. The molecule has 0 aromatic heterocycles. The molecule has 0 fully saturated rings. The molecule has 0 saturated carbocycles. The third-order valence-electron chi connectivity index (χ3n) is 5.07. The number of hydrogen-bond acceptors (Lipinski definition) is 7. The summed E-state index contributed by atoms with van der Waals surface area (Å²) in [5.41, 5.74) is 6.02. The van der Waals surface area contributed by atoms with Crippen molar-refractivity contribution in [3.05, 3.63) is 65.9 Å². The highest BCUT2D eigenvalue weighted by molar-refractivity contribution is 14.1. The Hall–Kier alpha value is -2.46. The lowest BCUT2D eigenvalue weighted by Crippen LogP contribution is -2.45. The number of halogens is 2. The van der Waals surface area contributed by atoms with E-state index >= 15 is 0 Å². The predicted octanol–water partition coefficient (Wildman–Crippen LogP) is 3.82. The van der Waals surface area contributed by atoms with Crippen molar-refractivity contribution >= 4 is 86.3 Å². The van der Waals surface area contributed by atoms with Crippen LogP contribution in [0.3, 0.4) is 0 Å². The van der Waals surface area contributed by atoms with Gasteiger partial charge in [-0.2, -0.15) is 5.10 Å². The lowest BCUT2D eigenvalue weighted by molar-refractivity contribution is -0.139. The molecule has 1 atom stereocenters. The van der Waals surface area contributed by atoms with Crippen molar-refractivity contribution in [1.29, 1.82) is 0 Å². The lowest BCUT2D eigenvalue weighted by Gasteiger charge is -2.30. The molecule has 190 valence electrons. The summed E-state index contributed by atoms with van der Waals surface area (Å²) in [5, 5.41) is 13.6. The number of anilines is 1. The highest BCUT2D eigenvalue weighted by atomic mass is 127. The van der Waals surface area contributed by atoms with Crippen LogP contribution >= 0.6 is 57.4 Å². The third-order valence-corrected chi connectivity index (χ3v) is 6.99. The van der Waals surface area contributed by atoms with Gasteiger partial charge in [0.15, 0.2) is 11.7 Å². The highest BCUT2D eigenvalue weighted by Gasteiger charge is 2.32. The molecular formula is C24H25I2N5O4S. The van der Waals surface area contributed by atoms with Crippen LogP contribution in [-0.4, -0.2) is 43.5 Å². The predicted molar refractivity (Wildman–Crippen MR) is 160 cm³/mol. The first-order valence-corrected chi connectivity index (χ1v) is 13.5. The van der Waals surface area contributed by atoms with Gasteiger partial charge in [0, 0.05) is 25.4 Å². The molecule has 0 saturated heterocycles. The molecule has 2 aromatic rings. The van der Waals surface area contributed by atoms with E-state index in [2.05, 4.69) is 71.7 Å². The molecule has 1 heterocycles. The fourth-order valence-electron chi connectivity index (χ4n) is 3.52. The van der Waals surface area contributed by atoms with Crippen LogP contribution in [0.2, 0.25) is 0 Å². The molecule has 2 aromatic carbocycles. The largest absolute Gasteiger partial charge is 0.483 e. The number of ether oxygens (including phenoxy) is 2. The molecule has 4 N–H and O–H groups in total. The van der Waals surface area contributed by atoms with E-state index in [-0.39, 0.29) is 13.2 Å². The zero-order valence-electron chi connectivity index (χ0n) is 19.8. The Morgan fingerprint density at radius 2 is 1.92 bits per heavy atom. The Labute approximate surface area is 242 Å². The van der Waals surface area contributed by atoms with Gasteiger partial charge in [-0.15, -0.1) is 0 Å². The molecule has 0 aliphatic carbocycles. The van der Waals surface area contributed by atoms with Gasteiger partial charge in [-0.3, -0.25) is 4.79 Å². The number of rotatable bonds is 9. The van der Waals surface area contributed by atoms with Crippen molar-refractivity contribution in [2.45, 2.75) is 19.9 Å². The van der Waals surface area contributed by atoms with Gasteiger partial charge in [0.2, 0.25) is 0 Å². The van der Waals surface area contributed by atoms with E-state index in [4.69, 9.17) is 21.7 Å². The number of benzene rings is 2. The first-order valence-electron chi connectivity index (χ1n) is 10.9. The normalized spacial score (nSPS) is 15.2. The molecule has 0 radical (unpaired) electrons. The number of thiocarbonyl (C=S) groups is 1. The van der Waals surface area contributed by atoms with Crippen LogP contribution < -0.4 is 26.1 Å². The number of para-hydroxylation sites is 1. The Morgan fingerprint density at radius 1 is 1.22 bits per heavy atom. The molecule has 1 amide bonds. The SMILES string of the molecule is CCOC(=O)C1=C(C)NC(=S)N[C@@H]1c1ccccc1OCC(=O)NN=Cc1cc(I)c(NC)c(I)c1. The minimum atomic E-state index is -0.597. The van der Waals surface area contributed by atoms with Gasteiger partial charge in [0.1, 0.15) is 5.75 Å². The van der Waals surface area contributed by atoms with Crippen molar-refractivity contribution in [3.63, 3.8) is 0 Å². The second kappa shape index (κ2) is 13.2. The van der Waals surface area contributed by atoms with Gasteiger partial charge in [0.05, 0.1) is 30.1 Å². The zero-order valence-corrected chi connectivity index (χ0v) is 24.9. The van der Waals surface area contributed by atoms with Gasteiger partial charge in [0.25, 0.3) is 5.91 Å². The van der Waals surface area contributed by atoms with E-state index < -0.39 is 17.9 Å². The quantitative estimate of drug-likeness (QED) is 0.101. The minimum Gasteiger partial charge on any atom is -0.483 e. The van der Waals surface area contributed by atoms with Crippen LogP contribution in [0.5, 0.6) is 5.75 Å². The smallest absolute Gasteiger partial charge is 0.338 e. The molecule has 0 spiro atoms. The first-order chi connectivity index (χ1) is 17.2. The summed E-state index contributed by atoms with van der Waals surface area (Å²) >= 11 is 9.79. The lowest BCUT2D eigenvalue weighted by atomic mass is 9.95. The van der Waals surface area contributed by atoms with Crippen molar-refractivity contribution < 1.29 is 19.1 Å². The molecule has 1 aliphatic rings. The topological polar surface area (TPSA) is 113 Å². The summed E-state index contributed by atoms with van der Waals surface area (Å²) < 4.78 is 13.1. The summed E-state index contributed by atoms with van der Waals surface area (Å²) in [6.45, 7) is 3.47. The Morgan fingerprint density at radius 3 is 2.58 bits per heavy atom. The van der Waals surface area contributed by atoms with Crippen molar-refractivity contribution in [2.24, 2.45) is 5.10 Å². The number of hydrogen-bond donors (Lipinski definition) is 4. The van der Waals surface area contributed by atoms with Crippen molar-refractivity contribution in [3.8, 4) is 5.75 Å². The van der Waals surface area contributed by atoms with E-state index in [1.54, 1.807) is 32.2 Å². The van der Waals surface area contributed by atoms with Gasteiger partial charge < -0.3 is 25.4 Å². The second-order valence-corrected chi connectivity index (χ2v) is 10.3. The molecule has 1 aliphatic heterocycles. The monoisotopic (exact) mass is 733 g/mol. The average molecular weight is 733 g/mol. The summed E-state index contributed by atoms with van der Waals surface area (Å²) in [6.07, 6.45) is 1.58. The Bertz CT molecular complexity index is 1210. The van der Waals surface area contributed by atoms with Crippen LogP contribution in [0.4, 0.5) is 5.69 Å². The fourth-order valence-corrected chi connectivity index (χ4v) is 6.14. The third kappa shape index (κ3) is 7.06. The van der Waals surface area contributed by atoms with Crippen LogP contribution in [0, 0.1) is 7.14 Å². The van der Waals surface area contributed by atoms with E-state index in [1.165, 1.54) is 0 Å². The Balaban J connectivity index is 1.70. The molecule has 3 rings (SSSR count). The van der Waals surface area contributed by atoms with Gasteiger partial charge in [-0.1, -0.05) is 18.2 Å². The summed E-state index contributed by atoms with van der Waals surface area (Å²) in [6, 6.07) is 10.5. The van der Waals surface area contributed by atoms with Crippen LogP contribution in [-0.2, 0) is 14.3 Å². The maximum absolute atomic E-state index is 12.7. The fraction of sp³-hybridized carbons (Fsp3) is 0.250. The number of nitrogens with one attached hydrogen (secondary N) is 4. The maximum Gasteiger partial charge on any atom is 0.338 e. The number of carbonyl (C=O) groups excluding carboxylic acids is 2. The van der Waals surface area contributed by atoms with Crippen LogP contribution in [0.15, 0.2) is 52.8 Å². The zero-order chi connectivity index (χ0) is 26.2. The van der Waals surface area contributed by atoms with Gasteiger partial charge in [-0.25, -0.2) is 10.2 Å². The number of hydrazone groups is 1.